The van der Waals surface area contributed by atoms with Crippen molar-refractivity contribution >= 4 is 23.6 Å². The molecule has 0 radical (unpaired) electrons. The Morgan fingerprint density at radius 2 is 1.81 bits per heavy atom. The number of amides is 1. The van der Waals surface area contributed by atoms with Crippen molar-refractivity contribution in [3.05, 3.63) is 30.3 Å². The number of carboxylic acid groups (broad SMARTS) is 1. The van der Waals surface area contributed by atoms with E-state index >= 15 is 0 Å². The molecule has 1 saturated carbocycles. The van der Waals surface area contributed by atoms with Crippen LogP contribution >= 0.6 is 11.8 Å². The van der Waals surface area contributed by atoms with Gasteiger partial charge in [-0.25, -0.2) is 0 Å². The highest BCUT2D eigenvalue weighted by Crippen LogP contribution is 2.31. The van der Waals surface area contributed by atoms with Crippen LogP contribution in [-0.2, 0) is 9.59 Å². The SMILES string of the molecule is O=C(O)CC1(NC(=O)CSc2ccccc2)CCCCC1. The van der Waals surface area contributed by atoms with Gasteiger partial charge in [0.25, 0.3) is 0 Å². The second-order valence-electron chi connectivity index (χ2n) is 5.56. The van der Waals surface area contributed by atoms with E-state index in [4.69, 9.17) is 5.11 Å². The molecule has 2 N–H and O–H groups in total. The van der Waals surface area contributed by atoms with Gasteiger partial charge in [0.2, 0.25) is 5.91 Å². The Kier molecular flexibility index (Phi) is 5.67. The second kappa shape index (κ2) is 7.50. The summed E-state index contributed by atoms with van der Waals surface area (Å²) in [6.07, 6.45) is 4.64. The van der Waals surface area contributed by atoms with Crippen LogP contribution in [0.1, 0.15) is 38.5 Å². The summed E-state index contributed by atoms with van der Waals surface area (Å²) >= 11 is 1.48. The number of carbonyl (C=O) groups is 2. The van der Waals surface area contributed by atoms with Gasteiger partial charge in [-0.2, -0.15) is 0 Å². The van der Waals surface area contributed by atoms with Gasteiger partial charge in [0.15, 0.2) is 0 Å². The molecule has 0 aliphatic heterocycles. The number of benzene rings is 1. The van der Waals surface area contributed by atoms with E-state index in [-0.39, 0.29) is 12.3 Å². The molecule has 0 saturated heterocycles. The molecule has 5 heteroatoms. The summed E-state index contributed by atoms with van der Waals surface area (Å²) in [6, 6.07) is 9.74. The number of carbonyl (C=O) groups excluding carboxylic acids is 1. The van der Waals surface area contributed by atoms with E-state index in [1.54, 1.807) is 0 Å². The van der Waals surface area contributed by atoms with Crippen LogP contribution in [0.3, 0.4) is 0 Å². The first-order valence-corrected chi connectivity index (χ1v) is 8.29. The zero-order valence-corrected chi connectivity index (χ0v) is 12.8. The summed E-state index contributed by atoms with van der Waals surface area (Å²) < 4.78 is 0. The monoisotopic (exact) mass is 307 g/mol. The minimum Gasteiger partial charge on any atom is -0.481 e. The lowest BCUT2D eigenvalue weighted by Crippen LogP contribution is -2.51. The standard InChI is InChI=1S/C16H21NO3S/c18-14(12-21-13-7-3-1-4-8-13)17-16(11-15(19)20)9-5-2-6-10-16/h1,3-4,7-8H,2,5-6,9-12H2,(H,17,18)(H,19,20). The predicted octanol–water partition coefficient (Wildman–Crippen LogP) is 3.07. The van der Waals surface area contributed by atoms with Crippen molar-refractivity contribution in [1.29, 1.82) is 0 Å². The van der Waals surface area contributed by atoms with E-state index in [2.05, 4.69) is 5.32 Å². The van der Waals surface area contributed by atoms with Crippen molar-refractivity contribution in [3.63, 3.8) is 0 Å². The Morgan fingerprint density at radius 1 is 1.14 bits per heavy atom. The van der Waals surface area contributed by atoms with Crippen LogP contribution in [0.15, 0.2) is 35.2 Å². The average Bonchev–Trinajstić information content (AvgIpc) is 2.46. The average molecular weight is 307 g/mol. The van der Waals surface area contributed by atoms with Gasteiger partial charge < -0.3 is 10.4 Å². The largest absolute Gasteiger partial charge is 0.481 e. The van der Waals surface area contributed by atoms with Crippen LogP contribution in [-0.4, -0.2) is 28.3 Å². The number of carboxylic acids is 1. The van der Waals surface area contributed by atoms with Crippen LogP contribution in [0.4, 0.5) is 0 Å². The Bertz CT molecular complexity index is 484. The summed E-state index contributed by atoms with van der Waals surface area (Å²) in [5, 5.41) is 12.1. The summed E-state index contributed by atoms with van der Waals surface area (Å²) in [5.74, 6) is -0.592. The summed E-state index contributed by atoms with van der Waals surface area (Å²) in [7, 11) is 0. The van der Waals surface area contributed by atoms with Crippen LogP contribution in [0, 0.1) is 0 Å². The molecule has 0 bridgehead atoms. The molecule has 114 valence electrons. The molecule has 1 aromatic carbocycles. The number of aliphatic carboxylic acids is 1. The maximum absolute atomic E-state index is 12.1. The molecule has 0 spiro atoms. The van der Waals surface area contributed by atoms with Gasteiger partial charge in [0, 0.05) is 4.90 Å². The van der Waals surface area contributed by atoms with Crippen molar-refractivity contribution in [3.8, 4) is 0 Å². The number of rotatable bonds is 6. The van der Waals surface area contributed by atoms with Crippen LogP contribution in [0.2, 0.25) is 0 Å². The predicted molar refractivity (Wildman–Crippen MR) is 83.4 cm³/mol. The number of hydrogen-bond acceptors (Lipinski definition) is 3. The second-order valence-corrected chi connectivity index (χ2v) is 6.61. The molecular formula is C16H21NO3S. The first-order valence-electron chi connectivity index (χ1n) is 7.30. The summed E-state index contributed by atoms with van der Waals surface area (Å²) in [6.45, 7) is 0. The van der Waals surface area contributed by atoms with E-state index in [0.717, 1.165) is 37.0 Å². The van der Waals surface area contributed by atoms with Crippen molar-refractivity contribution in [2.45, 2.75) is 49.0 Å². The quantitative estimate of drug-likeness (QED) is 0.793. The summed E-state index contributed by atoms with van der Waals surface area (Å²) in [5.41, 5.74) is -0.543. The molecule has 0 heterocycles. The molecular weight excluding hydrogens is 286 g/mol. The molecule has 21 heavy (non-hydrogen) atoms. The van der Waals surface area contributed by atoms with E-state index in [9.17, 15) is 9.59 Å². The van der Waals surface area contributed by atoms with Gasteiger partial charge in [-0.05, 0) is 25.0 Å². The fourth-order valence-electron chi connectivity index (χ4n) is 2.86. The van der Waals surface area contributed by atoms with Crippen LogP contribution in [0.25, 0.3) is 0 Å². The van der Waals surface area contributed by atoms with Crippen molar-refractivity contribution < 1.29 is 14.7 Å². The molecule has 2 rings (SSSR count). The van der Waals surface area contributed by atoms with E-state index in [1.165, 1.54) is 11.8 Å². The van der Waals surface area contributed by atoms with Crippen molar-refractivity contribution in [2.24, 2.45) is 0 Å². The van der Waals surface area contributed by atoms with E-state index in [1.807, 2.05) is 30.3 Å². The Morgan fingerprint density at radius 3 is 2.43 bits per heavy atom. The number of hydrogen-bond donors (Lipinski definition) is 2. The first kappa shape index (κ1) is 15.9. The minimum atomic E-state index is -0.840. The molecule has 1 aromatic rings. The third-order valence-electron chi connectivity index (χ3n) is 3.82. The maximum atomic E-state index is 12.1. The fraction of sp³-hybridized carbons (Fsp3) is 0.500. The van der Waals surface area contributed by atoms with Gasteiger partial charge in [-0.15, -0.1) is 11.8 Å². The Balaban J connectivity index is 1.90. The third kappa shape index (κ3) is 5.08. The molecule has 0 unspecified atom stereocenters. The lowest BCUT2D eigenvalue weighted by atomic mass is 9.79. The first-order chi connectivity index (χ1) is 10.1. The van der Waals surface area contributed by atoms with Gasteiger partial charge in [0.1, 0.15) is 0 Å². The van der Waals surface area contributed by atoms with Crippen LogP contribution < -0.4 is 5.32 Å². The molecule has 1 aliphatic rings. The third-order valence-corrected chi connectivity index (χ3v) is 4.83. The Hall–Kier alpha value is -1.49. The van der Waals surface area contributed by atoms with Gasteiger partial charge in [-0.1, -0.05) is 37.5 Å². The zero-order chi connectivity index (χ0) is 15.1. The smallest absolute Gasteiger partial charge is 0.305 e. The number of thioether (sulfide) groups is 1. The highest BCUT2D eigenvalue weighted by atomic mass is 32.2. The minimum absolute atomic E-state index is 0.0226. The highest BCUT2D eigenvalue weighted by Gasteiger charge is 2.35. The molecule has 0 aromatic heterocycles. The normalized spacial score (nSPS) is 17.1. The zero-order valence-electron chi connectivity index (χ0n) is 12.0. The van der Waals surface area contributed by atoms with E-state index < -0.39 is 11.5 Å². The lowest BCUT2D eigenvalue weighted by molar-refractivity contribution is -0.139. The molecule has 4 nitrogen and oxygen atoms in total. The van der Waals surface area contributed by atoms with Crippen molar-refractivity contribution in [1.82, 2.24) is 5.32 Å². The maximum Gasteiger partial charge on any atom is 0.305 e. The van der Waals surface area contributed by atoms with Crippen molar-refractivity contribution in [2.75, 3.05) is 5.75 Å². The highest BCUT2D eigenvalue weighted by molar-refractivity contribution is 8.00. The van der Waals surface area contributed by atoms with Gasteiger partial charge in [-0.3, -0.25) is 9.59 Å². The molecule has 1 fully saturated rings. The molecule has 1 amide bonds. The molecule has 0 atom stereocenters. The van der Waals surface area contributed by atoms with Gasteiger partial charge >= 0.3 is 5.97 Å². The fourth-order valence-corrected chi connectivity index (χ4v) is 3.58. The topological polar surface area (TPSA) is 66.4 Å². The van der Waals surface area contributed by atoms with Crippen LogP contribution in [0.5, 0.6) is 0 Å². The summed E-state index contributed by atoms with van der Waals surface area (Å²) in [4.78, 5) is 24.3. The van der Waals surface area contributed by atoms with Gasteiger partial charge in [0.05, 0.1) is 17.7 Å². The molecule has 1 aliphatic carbocycles. The number of nitrogens with one attached hydrogen (secondary N) is 1. The lowest BCUT2D eigenvalue weighted by Gasteiger charge is -2.37. The Labute approximate surface area is 129 Å². The van der Waals surface area contributed by atoms with E-state index in [0.29, 0.717) is 5.75 Å².